The molecule has 4 aromatic carbocycles. The molecule has 107 heavy (non-hydrogen) atoms. The van der Waals surface area contributed by atoms with Gasteiger partial charge in [0.05, 0.1) is 6.04 Å². The van der Waals surface area contributed by atoms with Gasteiger partial charge in [0.2, 0.25) is 47.3 Å². The number of hydrogen-bond acceptors (Lipinski definition) is 14. The van der Waals surface area contributed by atoms with Crippen LogP contribution in [-0.2, 0) is 68.8 Å². The third-order valence-electron chi connectivity index (χ3n) is 18.9. The number of benzene rings is 4. The molecule has 8 rings (SSSR count). The van der Waals surface area contributed by atoms with Crippen LogP contribution >= 0.6 is 0 Å². The molecular weight excluding hydrogens is 1370 g/mol. The van der Waals surface area contributed by atoms with Gasteiger partial charge in [0.1, 0.15) is 48.3 Å². The van der Waals surface area contributed by atoms with E-state index in [2.05, 4.69) is 78.4 Å². The van der Waals surface area contributed by atoms with Crippen molar-refractivity contribution in [2.45, 2.75) is 158 Å². The van der Waals surface area contributed by atoms with Crippen LogP contribution < -0.4 is 87.2 Å². The molecule has 10 atom stereocenters. The zero-order chi connectivity index (χ0) is 77.1. The van der Waals surface area contributed by atoms with Gasteiger partial charge >= 0.3 is 5.97 Å². The summed E-state index contributed by atoms with van der Waals surface area (Å²) in [6, 6.07) is 16.5. The number of para-hydroxylation sites is 4. The molecule has 8 aromatic rings. The summed E-state index contributed by atoms with van der Waals surface area (Å²) in [4.78, 5) is 145. The molecule has 29 N–H and O–H groups in total. The second-order valence-electron chi connectivity index (χ2n) is 26.7. The van der Waals surface area contributed by atoms with E-state index in [4.69, 9.17) is 44.9 Å². The van der Waals surface area contributed by atoms with E-state index in [1.807, 2.05) is 86.6 Å². The zero-order valence-corrected chi connectivity index (χ0v) is 60.1. The van der Waals surface area contributed by atoms with Crippen LogP contribution in [0.15, 0.2) is 122 Å². The lowest BCUT2D eigenvalue weighted by atomic mass is 9.98. The Morgan fingerprint density at radius 2 is 0.636 bits per heavy atom. The molecule has 0 spiro atoms. The van der Waals surface area contributed by atoms with Crippen molar-refractivity contribution < 1.29 is 48.3 Å². The molecule has 0 fully saturated rings. The number of fused-ring (bicyclic) bond motifs is 4. The molecule has 0 bridgehead atoms. The number of carboxylic acid groups (broad SMARTS) is 1. The number of hydrogen-bond donors (Lipinski definition) is 24. The quantitative estimate of drug-likeness (QED) is 0.0145. The first-order valence-corrected chi connectivity index (χ1v) is 36.0. The molecule has 33 nitrogen and oxygen atoms in total. The Morgan fingerprint density at radius 3 is 0.916 bits per heavy atom. The Kier molecular flexibility index (Phi) is 30.0. The minimum Gasteiger partial charge on any atom is -0.480 e. The topological polar surface area (TPSA) is 571 Å². The van der Waals surface area contributed by atoms with Gasteiger partial charge in [0, 0.05) is 114 Å². The molecule has 0 saturated heterocycles. The number of carbonyl (C=O) groups excluding carboxylic acids is 8. The highest BCUT2D eigenvalue weighted by Gasteiger charge is 2.37. The molecule has 4 aromatic heterocycles. The van der Waals surface area contributed by atoms with E-state index in [0.29, 0.717) is 86.2 Å². The first-order valence-electron chi connectivity index (χ1n) is 36.0. The summed E-state index contributed by atoms with van der Waals surface area (Å²) >= 11 is 0. The first-order chi connectivity index (χ1) is 51.4. The van der Waals surface area contributed by atoms with Crippen molar-refractivity contribution in [2.24, 2.45) is 34.6 Å². The second kappa shape index (κ2) is 39.8. The molecule has 33 heteroatoms. The van der Waals surface area contributed by atoms with Crippen LogP contribution in [0.5, 0.6) is 0 Å². The normalized spacial score (nSPS) is 14.1. The van der Waals surface area contributed by atoms with Crippen molar-refractivity contribution >= 4 is 115 Å². The van der Waals surface area contributed by atoms with E-state index in [1.165, 1.54) is 0 Å². The summed E-state index contributed by atoms with van der Waals surface area (Å²) in [5.41, 5.74) is 34.1. The number of nitrogens with one attached hydrogen (secondary N) is 18. The number of H-pyrrole nitrogens is 4. The lowest BCUT2D eigenvalue weighted by molar-refractivity contribution is -0.142. The summed E-state index contributed by atoms with van der Waals surface area (Å²) < 4.78 is 0. The summed E-state index contributed by atoms with van der Waals surface area (Å²) in [5, 5.41) is 66.9. The van der Waals surface area contributed by atoms with Crippen molar-refractivity contribution in [1.82, 2.24) is 78.4 Å². The second-order valence-corrected chi connectivity index (χ2v) is 26.7. The average molecular weight is 1470 g/mol. The Hall–Kier alpha value is -12.0. The lowest BCUT2D eigenvalue weighted by Crippen LogP contribution is -2.61. The Balaban J connectivity index is 1.14. The van der Waals surface area contributed by atoms with Gasteiger partial charge in [-0.1, -0.05) is 93.1 Å². The van der Waals surface area contributed by atoms with Gasteiger partial charge < -0.3 is 112 Å². The van der Waals surface area contributed by atoms with Crippen LogP contribution in [0.1, 0.15) is 100 Å². The van der Waals surface area contributed by atoms with Gasteiger partial charge in [-0.05, 0) is 117 Å². The molecule has 0 unspecified atom stereocenters. The monoisotopic (exact) mass is 1470 g/mol. The lowest BCUT2D eigenvalue weighted by Gasteiger charge is -2.28. The van der Waals surface area contributed by atoms with Gasteiger partial charge in [-0.3, -0.25) is 54.6 Å². The van der Waals surface area contributed by atoms with Gasteiger partial charge in [-0.2, -0.15) is 0 Å². The molecule has 0 aliphatic carbocycles. The maximum atomic E-state index is 15.6. The van der Waals surface area contributed by atoms with Gasteiger partial charge in [-0.25, -0.2) is 4.79 Å². The van der Waals surface area contributed by atoms with Gasteiger partial charge in [-0.15, -0.1) is 0 Å². The van der Waals surface area contributed by atoms with Crippen LogP contribution in [0.4, 0.5) is 0 Å². The number of nitrogens with two attached hydrogens (primary N) is 5. The smallest absolute Gasteiger partial charge is 0.326 e. The zero-order valence-electron chi connectivity index (χ0n) is 60.1. The van der Waals surface area contributed by atoms with Crippen molar-refractivity contribution in [3.63, 3.8) is 0 Å². The maximum absolute atomic E-state index is 15.6. The third-order valence-corrected chi connectivity index (χ3v) is 18.9. The van der Waals surface area contributed by atoms with E-state index >= 15 is 24.0 Å². The minimum absolute atomic E-state index is 0.0405. The van der Waals surface area contributed by atoms with Crippen molar-refractivity contribution in [3.8, 4) is 0 Å². The summed E-state index contributed by atoms with van der Waals surface area (Å²) in [6.07, 6.45) is 7.76. The number of guanidine groups is 3. The largest absolute Gasteiger partial charge is 0.480 e. The summed E-state index contributed by atoms with van der Waals surface area (Å²) in [7, 11) is 0. The number of carboxylic acids is 1. The average Bonchev–Trinajstić information content (AvgIpc) is 1.58. The molecule has 0 saturated carbocycles. The fraction of sp³-hybridized carbons (Fsp3) is 0.405. The number of aromatic nitrogens is 4. The summed E-state index contributed by atoms with van der Waals surface area (Å²) in [6.45, 7) is 4.28. The molecule has 0 radical (unpaired) electrons. The first kappa shape index (κ1) is 80.7. The molecule has 4 heterocycles. The third kappa shape index (κ3) is 23.5. The number of amides is 8. The van der Waals surface area contributed by atoms with Crippen molar-refractivity contribution in [3.05, 3.63) is 144 Å². The molecule has 572 valence electrons. The predicted molar refractivity (Wildman–Crippen MR) is 409 cm³/mol. The van der Waals surface area contributed by atoms with Crippen LogP contribution in [0.2, 0.25) is 0 Å². The molecule has 0 aliphatic heterocycles. The van der Waals surface area contributed by atoms with Gasteiger partial charge in [0.15, 0.2) is 17.9 Å². The molecule has 0 aliphatic rings. The standard InChI is InChI=1S/C74H101N23O10/c1-3-41(2)62(76)70(105)92-54(25-12-13-29-75)63(98)90-55(26-14-30-83-72(77)78)64(99)94-60(35-44-39-88-52-23-10-6-19-48(44)52)68(103)96-58(33-42-37-86-50-21-8-4-17-46(42)50)66(101)91-56(27-15-31-84-73(79)80)65(100)95-61(36-45-40-89-53-24-11-7-20-49(45)53)69(104)97-59(34-43-38-87-51-22-9-5-18-47(43)51)67(102)93-57(71(106)107)28-16-32-85-74(81)82/h4-11,17-24,37-41,54-62,86-89H,3,12-16,25-36,75-76H2,1-2H3,(H,90,98)(H,91,101)(H,92,105)(H,93,102)(H,94,99)(H,95,100)(H,96,103)(H,97,104)(H,106,107)(H4,77,78,83)(H4,79,80,84)(H4,81,82,85)/t41-,54-,55-,56-,57-,58-,59-,60-,61-,62-/m0/s1. The van der Waals surface area contributed by atoms with Crippen LogP contribution in [0.3, 0.4) is 0 Å². The highest BCUT2D eigenvalue weighted by Crippen LogP contribution is 2.25. The minimum atomic E-state index is -1.54. The highest BCUT2D eigenvalue weighted by atomic mass is 16.4. The van der Waals surface area contributed by atoms with Crippen LogP contribution in [0, 0.1) is 22.1 Å². The van der Waals surface area contributed by atoms with Crippen LogP contribution in [0.25, 0.3) is 43.6 Å². The van der Waals surface area contributed by atoms with Crippen LogP contribution in [-0.4, -0.2) is 177 Å². The molecule has 8 amide bonds. The number of aliphatic carboxylic acids is 1. The van der Waals surface area contributed by atoms with E-state index in [9.17, 15) is 24.3 Å². The van der Waals surface area contributed by atoms with E-state index in [-0.39, 0.29) is 114 Å². The Morgan fingerprint density at radius 1 is 0.383 bits per heavy atom. The number of aromatic amines is 4. The maximum Gasteiger partial charge on any atom is 0.326 e. The van der Waals surface area contributed by atoms with Crippen molar-refractivity contribution in [1.29, 1.82) is 16.2 Å². The molecular formula is C74H101N23O10. The van der Waals surface area contributed by atoms with Gasteiger partial charge in [0.25, 0.3) is 0 Å². The number of rotatable bonds is 43. The fourth-order valence-electron chi connectivity index (χ4n) is 12.7. The van der Waals surface area contributed by atoms with Crippen molar-refractivity contribution in [2.75, 3.05) is 26.2 Å². The number of carbonyl (C=O) groups is 9. The highest BCUT2D eigenvalue weighted by molar-refractivity contribution is 6.00. The SMILES string of the molecule is CC[C@H](C)[C@H](N)C(=O)N[C@@H](CCCCN)C(=O)N[C@@H](CCCNC(=N)N)C(=O)N[C@@H](Cc1c[nH]c2ccccc12)C(=O)N[C@@H](Cc1c[nH]c2ccccc12)C(=O)N[C@@H](CCCNC(=N)N)C(=O)N[C@@H](Cc1c[nH]c2ccccc12)C(=O)N[C@@H](Cc1c[nH]c2ccccc12)C(=O)N[C@@H](CCCNC(=N)N)C(=O)O. The fourth-order valence-corrected chi connectivity index (χ4v) is 12.7. The van der Waals surface area contributed by atoms with E-state index < -0.39 is 108 Å². The Bertz CT molecular complexity index is 4410. The van der Waals surface area contributed by atoms with E-state index in [0.717, 1.165) is 5.52 Å². The van der Waals surface area contributed by atoms with E-state index in [1.54, 1.807) is 49.1 Å². The Labute approximate surface area is 618 Å². The summed E-state index contributed by atoms with van der Waals surface area (Å²) in [5.74, 6) is -9.13. The predicted octanol–water partition coefficient (Wildman–Crippen LogP) is 1.14. The number of unbranched alkanes of at least 4 members (excludes halogenated alkanes) is 1.